The predicted molar refractivity (Wildman–Crippen MR) is 242 cm³/mol. The average Bonchev–Trinajstić information content (AvgIpc) is 3.30. The van der Waals surface area contributed by atoms with Crippen LogP contribution in [0.25, 0.3) is 121 Å². The first kappa shape index (κ1) is 32.4. The fourth-order valence-electron chi connectivity index (χ4n) is 8.70. The molecule has 0 aliphatic heterocycles. The van der Waals surface area contributed by atoms with Gasteiger partial charge in [-0.3, -0.25) is 4.98 Å². The van der Waals surface area contributed by atoms with Gasteiger partial charge in [-0.15, -0.1) is 0 Å². The molecule has 4 heteroatoms. The van der Waals surface area contributed by atoms with E-state index in [0.717, 1.165) is 88.5 Å². The van der Waals surface area contributed by atoms with Crippen molar-refractivity contribution in [3.8, 4) is 44.9 Å². The maximum atomic E-state index is 5.15. The fraction of sp³-hybridized carbons (Fsp3) is 0. The Morgan fingerprint density at radius 3 is 1.31 bits per heavy atom. The van der Waals surface area contributed by atoms with E-state index in [-0.39, 0.29) is 0 Å². The van der Waals surface area contributed by atoms with E-state index in [2.05, 4.69) is 187 Å². The number of hydrogen-bond acceptors (Lipinski definition) is 4. The predicted octanol–water partition coefficient (Wildman–Crippen LogP) is 14.0. The molecule has 0 atom stereocenters. The van der Waals surface area contributed by atoms with Crippen molar-refractivity contribution >= 4 is 75.9 Å². The van der Waals surface area contributed by atoms with Crippen molar-refractivity contribution in [2.45, 2.75) is 0 Å². The zero-order valence-electron chi connectivity index (χ0n) is 31.3. The third-order valence-electron chi connectivity index (χ3n) is 11.7. The molecule has 0 radical (unpaired) electrons. The van der Waals surface area contributed by atoms with Gasteiger partial charge in [0.25, 0.3) is 0 Å². The molecule has 12 rings (SSSR count). The molecular weight excluding hydrogens is 705 g/mol. The van der Waals surface area contributed by atoms with Crippen molar-refractivity contribution in [2.24, 2.45) is 0 Å². The highest BCUT2D eigenvalue weighted by Crippen LogP contribution is 2.38. The van der Waals surface area contributed by atoms with Gasteiger partial charge in [-0.1, -0.05) is 133 Å². The van der Waals surface area contributed by atoms with Crippen molar-refractivity contribution < 1.29 is 0 Å². The highest BCUT2D eigenvalue weighted by molar-refractivity contribution is 6.25. The van der Waals surface area contributed by atoms with Crippen molar-refractivity contribution in [2.75, 3.05) is 0 Å². The highest BCUT2D eigenvalue weighted by Gasteiger charge is 2.12. The minimum Gasteiger partial charge on any atom is -0.254 e. The molecule has 0 aliphatic carbocycles. The van der Waals surface area contributed by atoms with Crippen LogP contribution in [0.2, 0.25) is 0 Å². The summed E-state index contributed by atoms with van der Waals surface area (Å²) in [6, 6.07) is 66.8. The summed E-state index contributed by atoms with van der Waals surface area (Å²) in [4.78, 5) is 19.9. The second-order valence-electron chi connectivity index (χ2n) is 15.0. The minimum absolute atomic E-state index is 0.921. The quantitative estimate of drug-likeness (QED) is 0.169. The van der Waals surface area contributed by atoms with Gasteiger partial charge in [0.05, 0.1) is 39.1 Å². The summed E-state index contributed by atoms with van der Waals surface area (Å²) in [5, 5.41) is 12.0. The standard InChI is InChI=1S/C54H32N4/c1-2-9-44-42(7-1)43-8-3-4-10-45(43)47-32-41(17-23-46(44)47)52-28-22-40-31-38(20-26-51(40)57-52)37-19-25-50-39(30-37)21-27-48(56-50)33-11-13-34(14-12-33)49-24-18-36-16-15-35-6-5-29-55-53(35)54(36)58-49/h1-32H. The van der Waals surface area contributed by atoms with E-state index < -0.39 is 0 Å². The van der Waals surface area contributed by atoms with Crippen LogP contribution in [0.3, 0.4) is 0 Å². The average molecular weight is 737 g/mol. The van der Waals surface area contributed by atoms with Crippen molar-refractivity contribution in [1.29, 1.82) is 0 Å². The Labute approximate surface area is 333 Å². The van der Waals surface area contributed by atoms with Crippen LogP contribution in [-0.2, 0) is 0 Å². The Balaban J connectivity index is 0.825. The number of pyridine rings is 4. The molecule has 0 amide bonds. The monoisotopic (exact) mass is 736 g/mol. The molecule has 4 aromatic heterocycles. The molecule has 0 unspecified atom stereocenters. The normalized spacial score (nSPS) is 11.8. The van der Waals surface area contributed by atoms with E-state index in [1.165, 1.54) is 32.3 Å². The molecule has 4 heterocycles. The molecule has 0 saturated heterocycles. The number of nitrogens with zero attached hydrogens (tertiary/aromatic N) is 4. The lowest BCUT2D eigenvalue weighted by molar-refractivity contribution is 1.36. The van der Waals surface area contributed by atoms with Gasteiger partial charge < -0.3 is 0 Å². The molecule has 0 fully saturated rings. The first-order valence-corrected chi connectivity index (χ1v) is 19.6. The lowest BCUT2D eigenvalue weighted by Gasteiger charge is -2.12. The zero-order valence-corrected chi connectivity index (χ0v) is 31.3. The summed E-state index contributed by atoms with van der Waals surface area (Å²) >= 11 is 0. The van der Waals surface area contributed by atoms with Gasteiger partial charge in [-0.2, -0.15) is 0 Å². The Hall–Kier alpha value is -7.82. The Bertz CT molecular complexity index is 3590. The van der Waals surface area contributed by atoms with Gasteiger partial charge in [0.2, 0.25) is 0 Å². The van der Waals surface area contributed by atoms with Crippen molar-refractivity contribution in [1.82, 2.24) is 19.9 Å². The Morgan fingerprint density at radius 2 is 0.707 bits per heavy atom. The first-order chi connectivity index (χ1) is 28.7. The molecule has 0 bridgehead atoms. The molecule has 0 N–H and O–H groups in total. The smallest absolute Gasteiger partial charge is 0.0972 e. The van der Waals surface area contributed by atoms with E-state index in [0.29, 0.717) is 0 Å². The van der Waals surface area contributed by atoms with Crippen LogP contribution in [-0.4, -0.2) is 19.9 Å². The summed E-state index contributed by atoms with van der Waals surface area (Å²) in [5.74, 6) is 0. The van der Waals surface area contributed by atoms with Crippen LogP contribution in [0.5, 0.6) is 0 Å². The van der Waals surface area contributed by atoms with Crippen LogP contribution >= 0.6 is 0 Å². The molecule has 8 aromatic carbocycles. The van der Waals surface area contributed by atoms with Gasteiger partial charge in [0, 0.05) is 44.4 Å². The summed E-state index contributed by atoms with van der Waals surface area (Å²) in [5.41, 5.74) is 12.2. The number of fused-ring (bicyclic) bond motifs is 11. The first-order valence-electron chi connectivity index (χ1n) is 19.6. The molecule has 12 aromatic rings. The maximum absolute atomic E-state index is 5.15. The van der Waals surface area contributed by atoms with Crippen LogP contribution in [0.1, 0.15) is 0 Å². The van der Waals surface area contributed by atoms with E-state index in [1.54, 1.807) is 0 Å². The number of hydrogen-bond donors (Lipinski definition) is 0. The van der Waals surface area contributed by atoms with E-state index in [4.69, 9.17) is 15.0 Å². The third-order valence-corrected chi connectivity index (χ3v) is 11.7. The lowest BCUT2D eigenvalue weighted by Crippen LogP contribution is -1.90. The molecule has 58 heavy (non-hydrogen) atoms. The maximum Gasteiger partial charge on any atom is 0.0972 e. The fourth-order valence-corrected chi connectivity index (χ4v) is 8.70. The molecule has 0 spiro atoms. The largest absolute Gasteiger partial charge is 0.254 e. The van der Waals surface area contributed by atoms with E-state index in [9.17, 15) is 0 Å². The summed E-state index contributed by atoms with van der Waals surface area (Å²) < 4.78 is 0. The lowest BCUT2D eigenvalue weighted by atomic mass is 9.93. The molecule has 0 saturated carbocycles. The Morgan fingerprint density at radius 1 is 0.259 bits per heavy atom. The zero-order chi connectivity index (χ0) is 38.2. The number of rotatable bonds is 4. The van der Waals surface area contributed by atoms with Gasteiger partial charge >= 0.3 is 0 Å². The van der Waals surface area contributed by atoms with Crippen LogP contribution in [0.4, 0.5) is 0 Å². The number of aromatic nitrogens is 4. The summed E-state index contributed by atoms with van der Waals surface area (Å²) in [6.45, 7) is 0. The topological polar surface area (TPSA) is 51.6 Å². The SMILES string of the molecule is c1cnc2c(c1)ccc1ccc(-c3ccc(-c4ccc5cc(-c6ccc7nc(-c8ccc9c%10ccccc%10c%10ccccc%10c9c8)ccc7c6)ccc5n4)cc3)nc12. The minimum atomic E-state index is 0.921. The second kappa shape index (κ2) is 12.9. The summed E-state index contributed by atoms with van der Waals surface area (Å²) in [6.07, 6.45) is 1.83. The highest BCUT2D eigenvalue weighted by atomic mass is 14.8. The van der Waals surface area contributed by atoms with Crippen LogP contribution in [0.15, 0.2) is 194 Å². The van der Waals surface area contributed by atoms with E-state index >= 15 is 0 Å². The second-order valence-corrected chi connectivity index (χ2v) is 15.0. The van der Waals surface area contributed by atoms with Gasteiger partial charge in [-0.05, 0) is 98.0 Å². The van der Waals surface area contributed by atoms with Crippen molar-refractivity contribution in [3.63, 3.8) is 0 Å². The van der Waals surface area contributed by atoms with Crippen LogP contribution in [0, 0.1) is 0 Å². The molecule has 268 valence electrons. The molecular formula is C54H32N4. The van der Waals surface area contributed by atoms with Gasteiger partial charge in [0.15, 0.2) is 0 Å². The van der Waals surface area contributed by atoms with Crippen molar-refractivity contribution in [3.05, 3.63) is 194 Å². The summed E-state index contributed by atoms with van der Waals surface area (Å²) in [7, 11) is 0. The Kier molecular flexibility index (Phi) is 7.20. The molecule has 4 nitrogen and oxygen atoms in total. The van der Waals surface area contributed by atoms with Gasteiger partial charge in [-0.25, -0.2) is 15.0 Å². The number of benzene rings is 8. The molecule has 0 aliphatic rings. The van der Waals surface area contributed by atoms with Crippen LogP contribution < -0.4 is 0 Å². The van der Waals surface area contributed by atoms with Gasteiger partial charge in [0.1, 0.15) is 0 Å². The van der Waals surface area contributed by atoms with E-state index in [1.807, 2.05) is 12.3 Å². The third kappa shape index (κ3) is 5.31.